The second kappa shape index (κ2) is 8.10. The molecule has 5 nitrogen and oxygen atoms in total. The smallest absolute Gasteiger partial charge is 0.269 e. The zero-order chi connectivity index (χ0) is 18.4. The van der Waals surface area contributed by atoms with Crippen molar-refractivity contribution in [3.8, 4) is 11.8 Å². The Hall–Kier alpha value is -3.43. The third-order valence-electron chi connectivity index (χ3n) is 3.51. The Morgan fingerprint density at radius 2 is 1.88 bits per heavy atom. The lowest BCUT2D eigenvalue weighted by Crippen LogP contribution is -2.14. The molecule has 0 atom stereocenters. The van der Waals surface area contributed by atoms with Gasteiger partial charge in [0.1, 0.15) is 0 Å². The largest absolute Gasteiger partial charge is 0.326 e. The van der Waals surface area contributed by atoms with Gasteiger partial charge in [0.05, 0.1) is 16.2 Å². The normalized spacial score (nSPS) is 9.85. The number of hydrogen-bond acceptors (Lipinski definition) is 4. The van der Waals surface area contributed by atoms with E-state index in [0.29, 0.717) is 11.3 Å². The number of amides is 1. The highest BCUT2D eigenvalue weighted by Gasteiger charge is 2.08. The van der Waals surface area contributed by atoms with Crippen LogP contribution in [0.1, 0.15) is 16.0 Å². The summed E-state index contributed by atoms with van der Waals surface area (Å²) in [4.78, 5) is 23.3. The zero-order valence-corrected chi connectivity index (χ0v) is 14.5. The van der Waals surface area contributed by atoms with Gasteiger partial charge in [-0.25, -0.2) is 0 Å². The molecule has 0 bridgehead atoms. The van der Waals surface area contributed by atoms with E-state index in [1.54, 1.807) is 29.5 Å². The maximum absolute atomic E-state index is 12.2. The first-order chi connectivity index (χ1) is 12.6. The first kappa shape index (κ1) is 17.4. The van der Waals surface area contributed by atoms with Crippen LogP contribution in [-0.4, -0.2) is 10.8 Å². The van der Waals surface area contributed by atoms with E-state index in [1.807, 2.05) is 35.7 Å². The fourth-order valence-electron chi connectivity index (χ4n) is 2.28. The summed E-state index contributed by atoms with van der Waals surface area (Å²) < 4.78 is 0. The summed E-state index contributed by atoms with van der Waals surface area (Å²) in [5.41, 5.74) is 2.19. The summed E-state index contributed by atoms with van der Waals surface area (Å²) in [5, 5.41) is 15.4. The van der Waals surface area contributed by atoms with Crippen molar-refractivity contribution < 1.29 is 9.72 Å². The van der Waals surface area contributed by atoms with E-state index in [4.69, 9.17) is 0 Å². The van der Waals surface area contributed by atoms with E-state index >= 15 is 0 Å². The van der Waals surface area contributed by atoms with Crippen molar-refractivity contribution >= 4 is 28.6 Å². The summed E-state index contributed by atoms with van der Waals surface area (Å²) in [5.74, 6) is 5.96. The van der Waals surface area contributed by atoms with Gasteiger partial charge < -0.3 is 5.32 Å². The van der Waals surface area contributed by atoms with E-state index in [2.05, 4.69) is 17.2 Å². The third-order valence-corrected chi connectivity index (χ3v) is 4.29. The van der Waals surface area contributed by atoms with Crippen LogP contribution >= 0.6 is 11.3 Å². The summed E-state index contributed by atoms with van der Waals surface area (Å²) in [6.45, 7) is 0. The molecule has 0 radical (unpaired) electrons. The van der Waals surface area contributed by atoms with Crippen LogP contribution in [0.25, 0.3) is 0 Å². The number of nitro groups is 1. The number of hydrogen-bond donors (Lipinski definition) is 1. The number of carbonyl (C=O) groups excluding carboxylic acids is 1. The van der Waals surface area contributed by atoms with Crippen LogP contribution in [0.5, 0.6) is 0 Å². The lowest BCUT2D eigenvalue weighted by Gasteiger charge is -2.06. The lowest BCUT2D eigenvalue weighted by molar-refractivity contribution is -0.384. The average Bonchev–Trinajstić information content (AvgIpc) is 3.14. The SMILES string of the molecule is O=C(Cc1ccc([N+](=O)[O-])cc1)Nc1cccc(C#Cc2cccs2)c1. The van der Waals surface area contributed by atoms with Crippen LogP contribution < -0.4 is 5.32 Å². The van der Waals surface area contributed by atoms with Crippen LogP contribution in [0, 0.1) is 22.0 Å². The molecule has 1 N–H and O–H groups in total. The fraction of sp³-hybridized carbons (Fsp3) is 0.0500. The Labute approximate surface area is 154 Å². The monoisotopic (exact) mass is 362 g/mol. The Balaban J connectivity index is 1.64. The third kappa shape index (κ3) is 4.79. The van der Waals surface area contributed by atoms with Gasteiger partial charge in [-0.2, -0.15) is 0 Å². The van der Waals surface area contributed by atoms with E-state index < -0.39 is 4.92 Å². The van der Waals surface area contributed by atoms with Crippen molar-refractivity contribution in [3.63, 3.8) is 0 Å². The van der Waals surface area contributed by atoms with Crippen LogP contribution in [0.4, 0.5) is 11.4 Å². The van der Waals surface area contributed by atoms with Crippen LogP contribution in [0.3, 0.4) is 0 Å². The molecule has 0 saturated heterocycles. The number of carbonyl (C=O) groups is 1. The van der Waals surface area contributed by atoms with Crippen molar-refractivity contribution in [1.82, 2.24) is 0 Å². The molecule has 2 aromatic carbocycles. The van der Waals surface area contributed by atoms with Gasteiger partial charge in [-0.3, -0.25) is 14.9 Å². The molecule has 1 heterocycles. The van der Waals surface area contributed by atoms with Gasteiger partial charge in [0, 0.05) is 23.4 Å². The Bertz CT molecular complexity index is 984. The second-order valence-corrected chi connectivity index (χ2v) is 6.40. The van der Waals surface area contributed by atoms with Gasteiger partial charge in [0.15, 0.2) is 0 Å². The molecule has 0 aliphatic heterocycles. The highest BCUT2D eigenvalue weighted by Crippen LogP contribution is 2.14. The van der Waals surface area contributed by atoms with E-state index in [0.717, 1.165) is 10.4 Å². The minimum Gasteiger partial charge on any atom is -0.326 e. The molecule has 3 aromatic rings. The highest BCUT2D eigenvalue weighted by molar-refractivity contribution is 7.10. The molecule has 0 spiro atoms. The number of nitrogens with zero attached hydrogens (tertiary/aromatic N) is 1. The average molecular weight is 362 g/mol. The number of benzene rings is 2. The Morgan fingerprint density at radius 3 is 2.58 bits per heavy atom. The van der Waals surface area contributed by atoms with Gasteiger partial charge in [-0.15, -0.1) is 11.3 Å². The Kier molecular flexibility index (Phi) is 5.42. The van der Waals surface area contributed by atoms with E-state index in [1.165, 1.54) is 12.1 Å². The van der Waals surface area contributed by atoms with Crippen molar-refractivity contribution in [2.24, 2.45) is 0 Å². The van der Waals surface area contributed by atoms with Gasteiger partial charge in [0.25, 0.3) is 5.69 Å². The van der Waals surface area contributed by atoms with E-state index in [-0.39, 0.29) is 18.0 Å². The van der Waals surface area contributed by atoms with Crippen molar-refractivity contribution in [2.45, 2.75) is 6.42 Å². The molecule has 0 saturated carbocycles. The maximum Gasteiger partial charge on any atom is 0.269 e. The first-order valence-corrected chi connectivity index (χ1v) is 8.67. The quantitative estimate of drug-likeness (QED) is 0.429. The van der Waals surface area contributed by atoms with Gasteiger partial charge in [-0.1, -0.05) is 36.1 Å². The molecule has 1 aromatic heterocycles. The topological polar surface area (TPSA) is 72.2 Å². The molecule has 0 fully saturated rings. The predicted octanol–water partition coefficient (Wildman–Crippen LogP) is 4.24. The molecule has 3 rings (SSSR count). The summed E-state index contributed by atoms with van der Waals surface area (Å²) in [6.07, 6.45) is 0.142. The molecule has 1 amide bonds. The second-order valence-electron chi connectivity index (χ2n) is 5.46. The van der Waals surface area contributed by atoms with Crippen LogP contribution in [-0.2, 0) is 11.2 Å². The highest BCUT2D eigenvalue weighted by atomic mass is 32.1. The van der Waals surface area contributed by atoms with E-state index in [9.17, 15) is 14.9 Å². The first-order valence-electron chi connectivity index (χ1n) is 7.79. The number of nitrogens with one attached hydrogen (secondary N) is 1. The minimum absolute atomic E-state index is 0.00572. The Morgan fingerprint density at radius 1 is 1.08 bits per heavy atom. The summed E-state index contributed by atoms with van der Waals surface area (Å²) >= 11 is 1.58. The number of anilines is 1. The van der Waals surface area contributed by atoms with Crippen molar-refractivity contribution in [3.05, 3.63) is 92.2 Å². The van der Waals surface area contributed by atoms with Gasteiger partial charge in [-0.05, 0) is 35.2 Å². The maximum atomic E-state index is 12.2. The molecule has 0 unspecified atom stereocenters. The predicted molar refractivity (Wildman–Crippen MR) is 102 cm³/mol. The number of nitro benzene ring substituents is 1. The van der Waals surface area contributed by atoms with Crippen LogP contribution in [0.15, 0.2) is 66.0 Å². The molecule has 6 heteroatoms. The number of rotatable bonds is 4. The molecular weight excluding hydrogens is 348 g/mol. The number of non-ortho nitro benzene ring substituents is 1. The molecule has 0 aliphatic rings. The summed E-state index contributed by atoms with van der Waals surface area (Å²) in [7, 11) is 0. The van der Waals surface area contributed by atoms with Gasteiger partial charge >= 0.3 is 0 Å². The standard InChI is InChI=1S/C20H14N2O3S/c23-20(14-16-6-9-18(10-7-16)22(24)25)21-17-4-1-3-15(13-17)8-11-19-5-2-12-26-19/h1-7,9-10,12-13H,14H2,(H,21,23). The molecule has 128 valence electrons. The number of thiophene rings is 1. The van der Waals surface area contributed by atoms with Crippen LogP contribution in [0.2, 0.25) is 0 Å². The molecule has 26 heavy (non-hydrogen) atoms. The van der Waals surface area contributed by atoms with Gasteiger partial charge in [0.2, 0.25) is 5.91 Å². The van der Waals surface area contributed by atoms with Crippen molar-refractivity contribution in [2.75, 3.05) is 5.32 Å². The fourth-order valence-corrected chi connectivity index (χ4v) is 2.86. The molecular formula is C20H14N2O3S. The minimum atomic E-state index is -0.466. The summed E-state index contributed by atoms with van der Waals surface area (Å²) in [6, 6.07) is 17.2. The van der Waals surface area contributed by atoms with Crippen molar-refractivity contribution in [1.29, 1.82) is 0 Å². The molecule has 0 aliphatic carbocycles. The zero-order valence-electron chi connectivity index (χ0n) is 13.6. The lowest BCUT2D eigenvalue weighted by atomic mass is 10.1.